The smallest absolute Gasteiger partial charge is 0.303 e. The highest BCUT2D eigenvalue weighted by Gasteiger charge is 2.20. The van der Waals surface area contributed by atoms with Crippen molar-refractivity contribution in [2.24, 2.45) is 5.73 Å². The van der Waals surface area contributed by atoms with E-state index in [1.807, 2.05) is 4.90 Å². The molecule has 7 heteroatoms. The number of aliphatic carboxylic acids is 1. The van der Waals surface area contributed by atoms with Crippen LogP contribution < -0.4 is 5.73 Å². The van der Waals surface area contributed by atoms with Crippen molar-refractivity contribution >= 4 is 17.8 Å². The van der Waals surface area contributed by atoms with Crippen LogP contribution >= 0.6 is 0 Å². The van der Waals surface area contributed by atoms with Crippen LogP contribution in [0.25, 0.3) is 0 Å². The van der Waals surface area contributed by atoms with Crippen LogP contribution in [-0.2, 0) is 14.4 Å². The number of nitrogens with two attached hydrogens (primary N) is 1. The summed E-state index contributed by atoms with van der Waals surface area (Å²) >= 11 is 0. The molecule has 0 saturated carbocycles. The van der Waals surface area contributed by atoms with E-state index in [0.29, 0.717) is 19.6 Å². The number of nitrogens with zero attached hydrogens (tertiary/aromatic N) is 2. The van der Waals surface area contributed by atoms with Gasteiger partial charge in [-0.25, -0.2) is 0 Å². The minimum Gasteiger partial charge on any atom is -0.481 e. The highest BCUT2D eigenvalue weighted by atomic mass is 16.4. The lowest BCUT2D eigenvalue weighted by molar-refractivity contribution is -0.140. The van der Waals surface area contributed by atoms with E-state index < -0.39 is 5.97 Å². The summed E-state index contributed by atoms with van der Waals surface area (Å²) in [5, 5.41) is 8.53. The summed E-state index contributed by atoms with van der Waals surface area (Å²) in [5.74, 6) is -1.48. The van der Waals surface area contributed by atoms with Crippen LogP contribution in [-0.4, -0.2) is 65.4 Å². The topological polar surface area (TPSA) is 104 Å². The van der Waals surface area contributed by atoms with E-state index >= 15 is 0 Å². The number of carbonyl (C=O) groups is 3. The van der Waals surface area contributed by atoms with E-state index in [9.17, 15) is 14.4 Å². The molecule has 0 aromatic carbocycles. The van der Waals surface area contributed by atoms with Crippen LogP contribution in [0.5, 0.6) is 0 Å². The molecule has 0 unspecified atom stereocenters. The summed E-state index contributed by atoms with van der Waals surface area (Å²) in [6.45, 7) is 2.66. The second kappa shape index (κ2) is 6.95. The maximum atomic E-state index is 11.7. The van der Waals surface area contributed by atoms with E-state index in [2.05, 4.69) is 0 Å². The van der Waals surface area contributed by atoms with Crippen LogP contribution in [0, 0.1) is 0 Å². The van der Waals surface area contributed by atoms with Crippen LogP contribution in [0.2, 0.25) is 0 Å². The number of primary amides is 1. The minimum atomic E-state index is -0.964. The molecule has 3 N–H and O–H groups in total. The second-order valence-electron chi connectivity index (χ2n) is 4.37. The number of rotatable bonds is 5. The van der Waals surface area contributed by atoms with E-state index in [1.54, 1.807) is 4.90 Å². The van der Waals surface area contributed by atoms with Crippen molar-refractivity contribution in [2.75, 3.05) is 32.7 Å². The summed E-state index contributed by atoms with van der Waals surface area (Å²) in [4.78, 5) is 36.5. The lowest BCUT2D eigenvalue weighted by atomic mass is 10.2. The van der Waals surface area contributed by atoms with Gasteiger partial charge < -0.3 is 15.7 Å². The molecule has 0 atom stereocenters. The molecule has 0 aliphatic carbocycles. The largest absolute Gasteiger partial charge is 0.481 e. The van der Waals surface area contributed by atoms with E-state index in [-0.39, 0.29) is 31.2 Å². The third kappa shape index (κ3) is 5.13. The highest BCUT2D eigenvalue weighted by molar-refractivity contribution is 5.80. The van der Waals surface area contributed by atoms with Gasteiger partial charge in [0.05, 0.1) is 13.0 Å². The first-order valence-electron chi connectivity index (χ1n) is 5.99. The van der Waals surface area contributed by atoms with Crippen molar-refractivity contribution in [3.8, 4) is 0 Å². The third-order valence-corrected chi connectivity index (χ3v) is 2.87. The lowest BCUT2D eigenvalue weighted by Crippen LogP contribution is -2.38. The monoisotopic (exact) mass is 257 g/mol. The fourth-order valence-electron chi connectivity index (χ4n) is 1.97. The maximum absolute atomic E-state index is 11.7. The molecule has 1 heterocycles. The van der Waals surface area contributed by atoms with Gasteiger partial charge in [0.25, 0.3) is 0 Å². The molecular formula is C11H19N3O4. The van der Waals surface area contributed by atoms with Gasteiger partial charge in [0.2, 0.25) is 11.8 Å². The molecular weight excluding hydrogens is 238 g/mol. The van der Waals surface area contributed by atoms with Crippen LogP contribution in [0.4, 0.5) is 0 Å². The van der Waals surface area contributed by atoms with Crippen molar-refractivity contribution < 1.29 is 19.5 Å². The maximum Gasteiger partial charge on any atom is 0.303 e. The zero-order valence-electron chi connectivity index (χ0n) is 10.3. The van der Waals surface area contributed by atoms with Gasteiger partial charge in [-0.2, -0.15) is 0 Å². The summed E-state index contributed by atoms with van der Waals surface area (Å²) in [7, 11) is 0. The fraction of sp³-hybridized carbons (Fsp3) is 0.727. The molecule has 0 aromatic rings. The van der Waals surface area contributed by atoms with Crippen molar-refractivity contribution in [3.05, 3.63) is 0 Å². The Morgan fingerprint density at radius 3 is 2.39 bits per heavy atom. The van der Waals surface area contributed by atoms with Crippen LogP contribution in [0.3, 0.4) is 0 Å². The molecule has 0 radical (unpaired) electrons. The van der Waals surface area contributed by atoms with Crippen LogP contribution in [0.15, 0.2) is 0 Å². The first-order chi connectivity index (χ1) is 8.49. The zero-order chi connectivity index (χ0) is 13.5. The zero-order valence-corrected chi connectivity index (χ0v) is 10.3. The van der Waals surface area contributed by atoms with Gasteiger partial charge in [-0.3, -0.25) is 19.3 Å². The molecule has 2 amide bonds. The van der Waals surface area contributed by atoms with Crippen molar-refractivity contribution in [2.45, 2.75) is 19.3 Å². The molecule has 1 aliphatic heterocycles. The van der Waals surface area contributed by atoms with Crippen molar-refractivity contribution in [3.63, 3.8) is 0 Å². The van der Waals surface area contributed by atoms with Gasteiger partial charge in [-0.15, -0.1) is 0 Å². The van der Waals surface area contributed by atoms with Gasteiger partial charge in [0.1, 0.15) is 0 Å². The molecule has 18 heavy (non-hydrogen) atoms. The summed E-state index contributed by atoms with van der Waals surface area (Å²) < 4.78 is 0. The Balaban J connectivity index is 2.38. The van der Waals surface area contributed by atoms with Crippen molar-refractivity contribution in [1.82, 2.24) is 9.80 Å². The molecule has 0 aromatic heterocycles. The molecule has 1 saturated heterocycles. The average molecular weight is 257 g/mol. The Morgan fingerprint density at radius 2 is 1.78 bits per heavy atom. The molecule has 0 bridgehead atoms. The highest BCUT2D eigenvalue weighted by Crippen LogP contribution is 2.05. The number of carbonyl (C=O) groups excluding carboxylic acids is 2. The third-order valence-electron chi connectivity index (χ3n) is 2.87. The molecule has 1 aliphatic rings. The van der Waals surface area contributed by atoms with Gasteiger partial charge >= 0.3 is 5.97 Å². The molecule has 102 valence electrons. The average Bonchev–Trinajstić information content (AvgIpc) is 2.50. The minimum absolute atomic E-state index is 0.0329. The van der Waals surface area contributed by atoms with Gasteiger partial charge in [0, 0.05) is 32.6 Å². The van der Waals surface area contributed by atoms with E-state index in [0.717, 1.165) is 13.0 Å². The van der Waals surface area contributed by atoms with Gasteiger partial charge in [0.15, 0.2) is 0 Å². The summed E-state index contributed by atoms with van der Waals surface area (Å²) in [6.07, 6.45) is 0.664. The van der Waals surface area contributed by atoms with E-state index in [1.165, 1.54) is 0 Å². The van der Waals surface area contributed by atoms with Gasteiger partial charge in [-0.1, -0.05) is 0 Å². The number of hydrogen-bond donors (Lipinski definition) is 2. The van der Waals surface area contributed by atoms with Crippen LogP contribution in [0.1, 0.15) is 19.3 Å². The SMILES string of the molecule is NC(=O)CN1CCCN(C(=O)CCC(=O)O)CC1. The summed E-state index contributed by atoms with van der Waals surface area (Å²) in [5.41, 5.74) is 5.12. The number of carboxylic acids is 1. The Hall–Kier alpha value is -1.63. The molecule has 1 rings (SSSR count). The Morgan fingerprint density at radius 1 is 1.06 bits per heavy atom. The van der Waals surface area contributed by atoms with Crippen molar-refractivity contribution in [1.29, 1.82) is 0 Å². The van der Waals surface area contributed by atoms with E-state index in [4.69, 9.17) is 10.8 Å². The van der Waals surface area contributed by atoms with Gasteiger partial charge in [-0.05, 0) is 6.42 Å². The summed E-state index contributed by atoms with van der Waals surface area (Å²) in [6, 6.07) is 0. The second-order valence-corrected chi connectivity index (χ2v) is 4.37. The standard InChI is InChI=1S/C11H19N3O4/c12-9(15)8-13-4-1-5-14(7-6-13)10(16)2-3-11(17)18/h1-8H2,(H2,12,15)(H,17,18). The first kappa shape index (κ1) is 14.4. The molecule has 7 nitrogen and oxygen atoms in total. The Labute approximate surface area is 106 Å². The fourth-order valence-corrected chi connectivity index (χ4v) is 1.97. The number of carboxylic acid groups (broad SMARTS) is 1. The first-order valence-corrected chi connectivity index (χ1v) is 5.99. The molecule has 0 spiro atoms. The predicted molar refractivity (Wildman–Crippen MR) is 63.7 cm³/mol. The molecule has 1 fully saturated rings. The Kier molecular flexibility index (Phi) is 5.57. The lowest BCUT2D eigenvalue weighted by Gasteiger charge is -2.21. The number of hydrogen-bond acceptors (Lipinski definition) is 4. The Bertz CT molecular complexity index is 332. The quantitative estimate of drug-likeness (QED) is 0.648. The normalized spacial score (nSPS) is 17.2. The number of amides is 2. The predicted octanol–water partition coefficient (Wildman–Crippen LogP) is -1.13.